The largest absolute Gasteiger partial charge is 0.377 e. The van der Waals surface area contributed by atoms with Gasteiger partial charge in [-0.2, -0.15) is 0 Å². The van der Waals surface area contributed by atoms with Crippen molar-refractivity contribution in [3.05, 3.63) is 12.7 Å². The summed E-state index contributed by atoms with van der Waals surface area (Å²) in [7, 11) is -3.28. The van der Waals surface area contributed by atoms with Crippen LogP contribution in [0.15, 0.2) is 12.7 Å². The maximum absolute atomic E-state index is 11.4. The van der Waals surface area contributed by atoms with Crippen LogP contribution in [0, 0.1) is 0 Å². The minimum Gasteiger partial charge on any atom is -0.323 e. The second-order valence-electron chi connectivity index (χ2n) is 2.20. The SMILES string of the molecule is C=CC(NC=O)(NC=O)P(=O)(O)OC. The first-order chi connectivity index (χ1) is 6.49. The lowest BCUT2D eigenvalue weighted by Crippen LogP contribution is -2.54. The highest BCUT2D eigenvalue weighted by Crippen LogP contribution is 2.51. The van der Waals surface area contributed by atoms with Gasteiger partial charge in [0.25, 0.3) is 0 Å². The van der Waals surface area contributed by atoms with Crippen LogP contribution in [0.3, 0.4) is 0 Å². The molecule has 0 fully saturated rings. The highest BCUT2D eigenvalue weighted by molar-refractivity contribution is 7.54. The zero-order valence-corrected chi connectivity index (χ0v) is 8.36. The van der Waals surface area contributed by atoms with Crippen molar-refractivity contribution in [2.75, 3.05) is 7.11 Å². The van der Waals surface area contributed by atoms with Gasteiger partial charge in [-0.15, -0.1) is 0 Å². The van der Waals surface area contributed by atoms with Crippen LogP contribution in [-0.4, -0.2) is 30.2 Å². The first-order valence-corrected chi connectivity index (χ1v) is 5.02. The molecule has 0 rings (SSSR count). The summed E-state index contributed by atoms with van der Waals surface area (Å²) < 4.78 is 15.7. The first-order valence-electron chi connectivity index (χ1n) is 3.44. The molecule has 1 unspecified atom stereocenters. The second-order valence-corrected chi connectivity index (χ2v) is 4.31. The normalized spacial score (nSPS) is 15.0. The predicted octanol–water partition coefficient (Wildman–Crippen LogP) is -0.850. The lowest BCUT2D eigenvalue weighted by Gasteiger charge is -2.31. The van der Waals surface area contributed by atoms with Gasteiger partial charge in [0.05, 0.1) is 0 Å². The molecule has 7 nitrogen and oxygen atoms in total. The fourth-order valence-electron chi connectivity index (χ4n) is 0.762. The molecule has 1 atom stereocenters. The van der Waals surface area contributed by atoms with Gasteiger partial charge in [0.2, 0.25) is 18.2 Å². The highest BCUT2D eigenvalue weighted by atomic mass is 31.2. The number of rotatable bonds is 7. The van der Waals surface area contributed by atoms with Gasteiger partial charge in [0, 0.05) is 7.11 Å². The number of nitrogens with one attached hydrogen (secondary N) is 2. The van der Waals surface area contributed by atoms with E-state index in [1.54, 1.807) is 0 Å². The minimum absolute atomic E-state index is 0.153. The molecule has 0 aromatic rings. The molecule has 0 aromatic carbocycles. The van der Waals surface area contributed by atoms with Gasteiger partial charge in [-0.25, -0.2) is 0 Å². The van der Waals surface area contributed by atoms with Crippen molar-refractivity contribution in [3.8, 4) is 0 Å². The Morgan fingerprint density at radius 3 is 2.07 bits per heavy atom. The van der Waals surface area contributed by atoms with Crippen molar-refractivity contribution in [2.24, 2.45) is 0 Å². The molecule has 0 aromatic heterocycles. The van der Waals surface area contributed by atoms with E-state index in [1.807, 2.05) is 10.6 Å². The topological polar surface area (TPSA) is 105 Å². The van der Waals surface area contributed by atoms with Crippen LogP contribution in [0.5, 0.6) is 0 Å². The first kappa shape index (κ1) is 12.8. The molecule has 2 amide bonds. The molecule has 0 saturated carbocycles. The van der Waals surface area contributed by atoms with Crippen molar-refractivity contribution in [2.45, 2.75) is 5.40 Å². The Morgan fingerprint density at radius 2 is 1.86 bits per heavy atom. The Morgan fingerprint density at radius 1 is 1.43 bits per heavy atom. The van der Waals surface area contributed by atoms with Crippen molar-refractivity contribution in [1.29, 1.82) is 0 Å². The van der Waals surface area contributed by atoms with Gasteiger partial charge in [0.15, 0.2) is 0 Å². The fraction of sp³-hybridized carbons (Fsp3) is 0.333. The summed E-state index contributed by atoms with van der Waals surface area (Å²) in [5.74, 6) is 0. The third kappa shape index (κ3) is 2.20. The third-order valence-electron chi connectivity index (χ3n) is 1.55. The molecule has 0 saturated heterocycles. The zero-order valence-electron chi connectivity index (χ0n) is 7.47. The fourth-order valence-corrected chi connectivity index (χ4v) is 1.71. The summed E-state index contributed by atoms with van der Waals surface area (Å²) in [6, 6.07) is 0. The number of carbonyl (C=O) groups is 2. The quantitative estimate of drug-likeness (QED) is 0.225. The maximum atomic E-state index is 11.4. The van der Waals surface area contributed by atoms with E-state index in [2.05, 4.69) is 11.1 Å². The Bertz CT molecular complexity index is 269. The van der Waals surface area contributed by atoms with Crippen LogP contribution in [-0.2, 0) is 18.7 Å². The number of hydrogen-bond donors (Lipinski definition) is 3. The molecule has 8 heteroatoms. The molecule has 0 spiro atoms. The Kier molecular flexibility index (Phi) is 4.49. The molecule has 3 N–H and O–H groups in total. The molecule has 0 aliphatic carbocycles. The summed E-state index contributed by atoms with van der Waals surface area (Å²) in [4.78, 5) is 29.7. The smallest absolute Gasteiger partial charge is 0.323 e. The maximum Gasteiger partial charge on any atom is 0.377 e. The van der Waals surface area contributed by atoms with Crippen molar-refractivity contribution in [1.82, 2.24) is 10.6 Å². The summed E-state index contributed by atoms with van der Waals surface area (Å²) in [6.07, 6.45) is 1.21. The van der Waals surface area contributed by atoms with E-state index >= 15 is 0 Å². The summed E-state index contributed by atoms with van der Waals surface area (Å²) in [5, 5.41) is 1.92. The van der Waals surface area contributed by atoms with E-state index in [0.717, 1.165) is 13.2 Å². The summed E-state index contributed by atoms with van der Waals surface area (Å²) in [6.45, 7) is 3.23. The van der Waals surface area contributed by atoms with E-state index in [9.17, 15) is 19.0 Å². The lowest BCUT2D eigenvalue weighted by atomic mass is 10.5. The van der Waals surface area contributed by atoms with E-state index in [0.29, 0.717) is 0 Å². The van der Waals surface area contributed by atoms with Gasteiger partial charge in [0.1, 0.15) is 0 Å². The standard InChI is InChI=1S/C6H11N2O5P/c1-3-6(7-4-9,8-5-10)14(11,12)13-2/h3-5H,1H2,2H3,(H,7,9)(H,8,10)(H,11,12). The molecular weight excluding hydrogens is 211 g/mol. The van der Waals surface area contributed by atoms with Gasteiger partial charge < -0.3 is 20.1 Å². The Labute approximate surface area is 80.7 Å². The average molecular weight is 222 g/mol. The van der Waals surface area contributed by atoms with Gasteiger partial charge in [-0.3, -0.25) is 14.2 Å². The molecule has 0 aliphatic heterocycles. The molecule has 0 radical (unpaired) electrons. The van der Waals surface area contributed by atoms with Gasteiger partial charge in [-0.1, -0.05) is 6.58 Å². The average Bonchev–Trinajstić information content (AvgIpc) is 2.17. The van der Waals surface area contributed by atoms with E-state index in [1.165, 1.54) is 0 Å². The van der Waals surface area contributed by atoms with Crippen molar-refractivity contribution >= 4 is 20.4 Å². The summed E-state index contributed by atoms with van der Waals surface area (Å²) >= 11 is 0. The van der Waals surface area contributed by atoms with Crippen LogP contribution in [0.25, 0.3) is 0 Å². The van der Waals surface area contributed by atoms with Crippen LogP contribution >= 0.6 is 7.60 Å². The van der Waals surface area contributed by atoms with E-state index in [-0.39, 0.29) is 12.8 Å². The van der Waals surface area contributed by atoms with Crippen molar-refractivity contribution < 1.29 is 23.6 Å². The highest BCUT2D eigenvalue weighted by Gasteiger charge is 2.46. The van der Waals surface area contributed by atoms with Crippen LogP contribution < -0.4 is 10.6 Å². The number of hydrogen-bond acceptors (Lipinski definition) is 4. The molecular formula is C6H11N2O5P. The van der Waals surface area contributed by atoms with Crippen molar-refractivity contribution in [3.63, 3.8) is 0 Å². The third-order valence-corrected chi connectivity index (χ3v) is 3.37. The molecule has 0 bridgehead atoms. The lowest BCUT2D eigenvalue weighted by molar-refractivity contribution is -0.112. The minimum atomic E-state index is -4.25. The molecule has 0 heterocycles. The summed E-state index contributed by atoms with van der Waals surface area (Å²) in [5.41, 5.74) is 0. The number of carbonyl (C=O) groups excluding carboxylic acids is 2. The molecule has 14 heavy (non-hydrogen) atoms. The Balaban J connectivity index is 5.20. The van der Waals surface area contributed by atoms with E-state index < -0.39 is 13.0 Å². The van der Waals surface area contributed by atoms with Crippen LogP contribution in [0.4, 0.5) is 0 Å². The molecule has 0 aliphatic rings. The monoisotopic (exact) mass is 222 g/mol. The predicted molar refractivity (Wildman–Crippen MR) is 48.2 cm³/mol. The van der Waals surface area contributed by atoms with Gasteiger partial charge in [-0.05, 0) is 6.08 Å². The molecule has 80 valence electrons. The van der Waals surface area contributed by atoms with Crippen LogP contribution in [0.1, 0.15) is 0 Å². The Hall–Kier alpha value is -1.17. The van der Waals surface area contributed by atoms with E-state index in [4.69, 9.17) is 0 Å². The number of amides is 2. The zero-order chi connectivity index (χ0) is 11.2. The van der Waals surface area contributed by atoms with Crippen LogP contribution in [0.2, 0.25) is 0 Å². The van der Waals surface area contributed by atoms with Gasteiger partial charge >= 0.3 is 7.60 Å². The second kappa shape index (κ2) is 4.90.